The number of nitrogen functional groups attached to an aromatic ring is 1. The summed E-state index contributed by atoms with van der Waals surface area (Å²) in [5.41, 5.74) is 3.32. The van der Waals surface area contributed by atoms with Crippen LogP contribution < -0.4 is 16.6 Å². The highest BCUT2D eigenvalue weighted by Gasteiger charge is 2.21. The van der Waals surface area contributed by atoms with Gasteiger partial charge in [0.1, 0.15) is 23.8 Å². The zero-order valence-corrected chi connectivity index (χ0v) is 13.1. The van der Waals surface area contributed by atoms with Crippen LogP contribution in [0, 0.1) is 6.92 Å². The maximum Gasteiger partial charge on any atom is 0.169 e. The Morgan fingerprint density at radius 3 is 2.43 bits per heavy atom. The molecule has 21 heavy (non-hydrogen) atoms. The van der Waals surface area contributed by atoms with Crippen LogP contribution in [0.5, 0.6) is 0 Å². The summed E-state index contributed by atoms with van der Waals surface area (Å²) in [6, 6.07) is 0. The molecule has 4 N–H and O–H groups in total. The topological polar surface area (TPSA) is 107 Å². The average molecular weight is 290 g/mol. The number of hydrogen-bond donors (Lipinski definition) is 3. The fraction of sp³-hybridized carbons (Fsp3) is 0.538. The van der Waals surface area contributed by atoms with Gasteiger partial charge in [0, 0.05) is 18.0 Å². The predicted molar refractivity (Wildman–Crippen MR) is 81.6 cm³/mol. The van der Waals surface area contributed by atoms with Crippen molar-refractivity contribution in [1.82, 2.24) is 24.7 Å². The summed E-state index contributed by atoms with van der Waals surface area (Å²) >= 11 is 0. The van der Waals surface area contributed by atoms with E-state index < -0.39 is 0 Å². The third kappa shape index (κ3) is 3.46. The van der Waals surface area contributed by atoms with Crippen molar-refractivity contribution in [2.75, 3.05) is 10.7 Å². The summed E-state index contributed by atoms with van der Waals surface area (Å²) in [6.07, 6.45) is 1.66. The summed E-state index contributed by atoms with van der Waals surface area (Å²) in [6.45, 7) is 8.58. The molecule has 2 aromatic rings. The Morgan fingerprint density at radius 1 is 1.24 bits per heavy atom. The molecule has 0 aliphatic carbocycles. The van der Waals surface area contributed by atoms with Gasteiger partial charge in [0.25, 0.3) is 0 Å². The van der Waals surface area contributed by atoms with E-state index in [1.165, 1.54) is 0 Å². The maximum absolute atomic E-state index is 5.55. The van der Waals surface area contributed by atoms with E-state index in [0.717, 1.165) is 17.2 Å². The molecule has 0 aromatic carbocycles. The number of hydrazine groups is 1. The van der Waals surface area contributed by atoms with E-state index in [1.54, 1.807) is 11.0 Å². The third-order valence-electron chi connectivity index (χ3n) is 3.01. The minimum atomic E-state index is -0.168. The number of aromatic nitrogens is 5. The molecule has 114 valence electrons. The van der Waals surface area contributed by atoms with Gasteiger partial charge in [-0.25, -0.2) is 20.8 Å². The molecule has 2 heterocycles. The van der Waals surface area contributed by atoms with Crippen LogP contribution in [0.1, 0.15) is 38.0 Å². The van der Waals surface area contributed by atoms with E-state index >= 15 is 0 Å². The normalized spacial score (nSPS) is 11.5. The number of anilines is 2. The van der Waals surface area contributed by atoms with Crippen LogP contribution in [-0.4, -0.2) is 24.7 Å². The van der Waals surface area contributed by atoms with Crippen LogP contribution >= 0.6 is 0 Å². The largest absolute Gasteiger partial charge is 0.362 e. The lowest BCUT2D eigenvalue weighted by Crippen LogP contribution is -2.21. The Labute approximate surface area is 124 Å². The van der Waals surface area contributed by atoms with E-state index in [2.05, 4.69) is 51.6 Å². The average Bonchev–Trinajstić information content (AvgIpc) is 2.82. The standard InChI is InChI=1S/C13H22N8/c1-8-10(15-6-9-16-7-21(5)20-9)17-12(13(2,3)4)18-11(8)19-14/h7H,6,14H2,1-5H3,(H2,15,17,18,19). The Kier molecular flexibility index (Phi) is 4.08. The summed E-state index contributed by atoms with van der Waals surface area (Å²) < 4.78 is 1.66. The lowest BCUT2D eigenvalue weighted by atomic mass is 9.95. The van der Waals surface area contributed by atoms with Gasteiger partial charge in [-0.15, -0.1) is 0 Å². The first-order valence-electron chi connectivity index (χ1n) is 6.75. The summed E-state index contributed by atoms with van der Waals surface area (Å²) in [5, 5.41) is 7.47. The van der Waals surface area contributed by atoms with Gasteiger partial charge in [0.2, 0.25) is 0 Å². The first kappa shape index (κ1) is 15.2. The van der Waals surface area contributed by atoms with Crippen molar-refractivity contribution >= 4 is 11.6 Å². The number of nitrogens with one attached hydrogen (secondary N) is 2. The van der Waals surface area contributed by atoms with Gasteiger partial charge in [0.15, 0.2) is 5.82 Å². The predicted octanol–water partition coefficient (Wildman–Crippen LogP) is 1.11. The lowest BCUT2D eigenvalue weighted by molar-refractivity contribution is 0.546. The number of aryl methyl sites for hydroxylation is 1. The summed E-state index contributed by atoms with van der Waals surface area (Å²) in [4.78, 5) is 13.2. The minimum absolute atomic E-state index is 0.168. The van der Waals surface area contributed by atoms with Gasteiger partial charge in [-0.1, -0.05) is 20.8 Å². The molecule has 0 spiro atoms. The van der Waals surface area contributed by atoms with E-state index in [1.807, 2.05) is 14.0 Å². The molecule has 0 bridgehead atoms. The second-order valence-electron chi connectivity index (χ2n) is 5.95. The zero-order valence-electron chi connectivity index (χ0n) is 13.1. The van der Waals surface area contributed by atoms with Crippen molar-refractivity contribution in [3.05, 3.63) is 23.5 Å². The van der Waals surface area contributed by atoms with Crippen molar-refractivity contribution < 1.29 is 0 Å². The molecule has 2 aromatic heterocycles. The van der Waals surface area contributed by atoms with Crippen molar-refractivity contribution in [2.45, 2.75) is 39.7 Å². The second kappa shape index (κ2) is 5.65. The molecular formula is C13H22N8. The molecule has 0 saturated carbocycles. The Balaban J connectivity index is 2.28. The molecule has 0 radical (unpaired) electrons. The number of rotatable bonds is 4. The Hall–Kier alpha value is -2.22. The van der Waals surface area contributed by atoms with Gasteiger partial charge in [0.05, 0.1) is 6.54 Å². The van der Waals surface area contributed by atoms with Gasteiger partial charge < -0.3 is 10.7 Å². The molecule has 0 saturated heterocycles. The van der Waals surface area contributed by atoms with Crippen molar-refractivity contribution in [1.29, 1.82) is 0 Å². The van der Waals surface area contributed by atoms with Crippen molar-refractivity contribution in [3.63, 3.8) is 0 Å². The fourth-order valence-electron chi connectivity index (χ4n) is 1.79. The van der Waals surface area contributed by atoms with Crippen LogP contribution in [0.25, 0.3) is 0 Å². The van der Waals surface area contributed by atoms with Crippen LogP contribution in [0.15, 0.2) is 6.33 Å². The van der Waals surface area contributed by atoms with Crippen molar-refractivity contribution in [3.8, 4) is 0 Å². The molecule has 0 aliphatic rings. The molecule has 2 rings (SSSR count). The third-order valence-corrected chi connectivity index (χ3v) is 3.01. The van der Waals surface area contributed by atoms with Crippen LogP contribution in [0.2, 0.25) is 0 Å². The highest BCUT2D eigenvalue weighted by Crippen LogP contribution is 2.25. The Bertz CT molecular complexity index is 626. The molecular weight excluding hydrogens is 268 g/mol. The van der Waals surface area contributed by atoms with Gasteiger partial charge in [-0.3, -0.25) is 4.68 Å². The summed E-state index contributed by atoms with van der Waals surface area (Å²) in [5.74, 6) is 8.32. The molecule has 8 heteroatoms. The maximum atomic E-state index is 5.55. The quantitative estimate of drug-likeness (QED) is 0.572. The van der Waals surface area contributed by atoms with Crippen LogP contribution in [0.3, 0.4) is 0 Å². The second-order valence-corrected chi connectivity index (χ2v) is 5.95. The molecule has 0 fully saturated rings. The SMILES string of the molecule is Cc1c(NN)nc(C(C)(C)C)nc1NCc1ncn(C)n1. The first-order valence-corrected chi connectivity index (χ1v) is 6.75. The van der Waals surface area contributed by atoms with Gasteiger partial charge in [-0.05, 0) is 6.92 Å². The molecule has 0 unspecified atom stereocenters. The highest BCUT2D eigenvalue weighted by atomic mass is 15.3. The molecule has 0 amide bonds. The molecule has 0 atom stereocenters. The van der Waals surface area contributed by atoms with E-state index in [0.29, 0.717) is 18.2 Å². The number of nitrogens with two attached hydrogens (primary N) is 1. The lowest BCUT2D eigenvalue weighted by Gasteiger charge is -2.20. The van der Waals surface area contributed by atoms with Crippen molar-refractivity contribution in [2.24, 2.45) is 12.9 Å². The highest BCUT2D eigenvalue weighted by molar-refractivity contribution is 5.57. The van der Waals surface area contributed by atoms with Crippen LogP contribution in [-0.2, 0) is 19.0 Å². The number of hydrogen-bond acceptors (Lipinski definition) is 7. The zero-order chi connectivity index (χ0) is 15.6. The fourth-order valence-corrected chi connectivity index (χ4v) is 1.79. The van der Waals surface area contributed by atoms with Gasteiger partial charge in [-0.2, -0.15) is 5.10 Å². The molecule has 0 aliphatic heterocycles. The first-order chi connectivity index (χ1) is 9.81. The minimum Gasteiger partial charge on any atom is -0.362 e. The Morgan fingerprint density at radius 2 is 1.90 bits per heavy atom. The monoisotopic (exact) mass is 290 g/mol. The number of nitrogens with zero attached hydrogens (tertiary/aromatic N) is 5. The smallest absolute Gasteiger partial charge is 0.169 e. The van der Waals surface area contributed by atoms with Crippen LogP contribution in [0.4, 0.5) is 11.6 Å². The molecule has 8 nitrogen and oxygen atoms in total. The van der Waals surface area contributed by atoms with Gasteiger partial charge >= 0.3 is 0 Å². The van der Waals surface area contributed by atoms with E-state index in [-0.39, 0.29) is 5.41 Å². The van der Waals surface area contributed by atoms with E-state index in [4.69, 9.17) is 5.84 Å². The van der Waals surface area contributed by atoms with E-state index in [9.17, 15) is 0 Å². The summed E-state index contributed by atoms with van der Waals surface area (Å²) in [7, 11) is 1.83.